The summed E-state index contributed by atoms with van der Waals surface area (Å²) < 4.78 is 20.8. The van der Waals surface area contributed by atoms with Crippen LogP contribution in [0.5, 0.6) is 11.5 Å². The van der Waals surface area contributed by atoms with E-state index in [0.717, 1.165) is 5.56 Å². The molecule has 5 heteroatoms. The van der Waals surface area contributed by atoms with E-state index in [1.165, 1.54) is 6.07 Å². The third-order valence-electron chi connectivity index (χ3n) is 2.36. The van der Waals surface area contributed by atoms with Gasteiger partial charge in [0.1, 0.15) is 0 Å². The Labute approximate surface area is 98.8 Å². The van der Waals surface area contributed by atoms with Crippen LogP contribution in [-0.4, -0.2) is 16.3 Å². The van der Waals surface area contributed by atoms with E-state index in [0.29, 0.717) is 18.7 Å². The summed E-state index contributed by atoms with van der Waals surface area (Å²) in [4.78, 5) is 0. The maximum Gasteiger partial charge on any atom is 0.166 e. The average molecular weight is 235 g/mol. The highest BCUT2D eigenvalue weighted by Gasteiger charge is 2.11. The van der Waals surface area contributed by atoms with E-state index < -0.39 is 0 Å². The van der Waals surface area contributed by atoms with Crippen LogP contribution < -0.4 is 10.5 Å². The Balaban J connectivity index is 2.30. The quantitative estimate of drug-likeness (QED) is 0.879. The molecule has 0 aliphatic heterocycles. The summed E-state index contributed by atoms with van der Waals surface area (Å²) in [7, 11) is 1.77. The van der Waals surface area contributed by atoms with Crippen molar-refractivity contribution in [3.8, 4) is 11.5 Å². The second-order valence-electron chi connectivity index (χ2n) is 3.72. The van der Waals surface area contributed by atoms with Gasteiger partial charge in [0.25, 0.3) is 0 Å². The Hall–Kier alpha value is -1.88. The molecule has 90 valence electrons. The van der Waals surface area contributed by atoms with Crippen molar-refractivity contribution >= 4 is 0 Å². The molecule has 0 bridgehead atoms. The molecule has 0 saturated heterocycles. The van der Waals surface area contributed by atoms with Crippen LogP contribution >= 0.6 is 0 Å². The smallest absolute Gasteiger partial charge is 0.166 e. The number of halogens is 1. The summed E-state index contributed by atoms with van der Waals surface area (Å²) in [6, 6.07) is 4.82. The lowest BCUT2D eigenvalue weighted by atomic mass is 10.1. The van der Waals surface area contributed by atoms with E-state index in [9.17, 15) is 4.39 Å². The molecule has 0 radical (unpaired) electrons. The van der Waals surface area contributed by atoms with E-state index >= 15 is 0 Å². The molecule has 2 rings (SSSR count). The van der Waals surface area contributed by atoms with Gasteiger partial charge in [-0.3, -0.25) is 4.68 Å². The van der Waals surface area contributed by atoms with Gasteiger partial charge in [-0.2, -0.15) is 5.10 Å². The molecule has 4 nitrogen and oxygen atoms in total. The van der Waals surface area contributed by atoms with Crippen LogP contribution in [0, 0.1) is 5.82 Å². The number of para-hydroxylation sites is 1. The molecule has 1 heterocycles. The molecule has 0 aliphatic rings. The first kappa shape index (κ1) is 11.6. The SMILES string of the molecule is Cn1cc(Oc2c(F)cccc2CCN)cn1. The number of nitrogens with two attached hydrogens (primary N) is 1. The van der Waals surface area contributed by atoms with Crippen molar-refractivity contribution in [3.63, 3.8) is 0 Å². The third kappa shape index (κ3) is 2.62. The summed E-state index contributed by atoms with van der Waals surface area (Å²) in [5, 5.41) is 3.96. The minimum Gasteiger partial charge on any atom is -0.451 e. The average Bonchev–Trinajstić information content (AvgIpc) is 2.70. The molecule has 0 unspecified atom stereocenters. The van der Waals surface area contributed by atoms with Crippen LogP contribution in [0.15, 0.2) is 30.6 Å². The lowest BCUT2D eigenvalue weighted by Gasteiger charge is -2.09. The third-order valence-corrected chi connectivity index (χ3v) is 2.36. The zero-order valence-corrected chi connectivity index (χ0v) is 9.56. The topological polar surface area (TPSA) is 53.1 Å². The fraction of sp³-hybridized carbons (Fsp3) is 0.250. The largest absolute Gasteiger partial charge is 0.451 e. The van der Waals surface area contributed by atoms with Gasteiger partial charge in [-0.05, 0) is 24.6 Å². The standard InChI is InChI=1S/C12H14FN3O/c1-16-8-10(7-15-16)17-12-9(5-6-14)3-2-4-11(12)13/h2-4,7-8H,5-6,14H2,1H3. The van der Waals surface area contributed by atoms with Gasteiger partial charge in [-0.15, -0.1) is 0 Å². The molecule has 17 heavy (non-hydrogen) atoms. The van der Waals surface area contributed by atoms with Gasteiger partial charge in [0.05, 0.1) is 12.4 Å². The minimum absolute atomic E-state index is 0.228. The monoisotopic (exact) mass is 235 g/mol. The van der Waals surface area contributed by atoms with Crippen molar-refractivity contribution in [1.82, 2.24) is 9.78 Å². The zero-order chi connectivity index (χ0) is 12.3. The highest BCUT2D eigenvalue weighted by molar-refractivity contribution is 5.38. The molecule has 2 N–H and O–H groups in total. The Morgan fingerprint density at radius 2 is 2.29 bits per heavy atom. The molecule has 0 spiro atoms. The number of nitrogens with zero attached hydrogens (tertiary/aromatic N) is 2. The molecule has 0 fully saturated rings. The first-order valence-electron chi connectivity index (χ1n) is 5.34. The molecule has 0 aliphatic carbocycles. The second kappa shape index (κ2) is 4.97. The van der Waals surface area contributed by atoms with Gasteiger partial charge in [0.2, 0.25) is 0 Å². The molecular formula is C12H14FN3O. The van der Waals surface area contributed by atoms with Crippen molar-refractivity contribution in [2.24, 2.45) is 12.8 Å². The van der Waals surface area contributed by atoms with Crippen molar-refractivity contribution in [1.29, 1.82) is 0 Å². The van der Waals surface area contributed by atoms with E-state index in [1.54, 1.807) is 30.2 Å². The van der Waals surface area contributed by atoms with Gasteiger partial charge >= 0.3 is 0 Å². The maximum atomic E-state index is 13.7. The Morgan fingerprint density at radius 3 is 2.94 bits per heavy atom. The number of aryl methyl sites for hydroxylation is 1. The van der Waals surface area contributed by atoms with Crippen LogP contribution in [0.1, 0.15) is 5.56 Å². The van der Waals surface area contributed by atoms with Gasteiger partial charge in [0, 0.05) is 7.05 Å². The number of aromatic nitrogens is 2. The number of rotatable bonds is 4. The Morgan fingerprint density at radius 1 is 1.47 bits per heavy atom. The number of benzene rings is 1. The van der Waals surface area contributed by atoms with Crippen LogP contribution in [-0.2, 0) is 13.5 Å². The lowest BCUT2D eigenvalue weighted by Crippen LogP contribution is -2.04. The first-order chi connectivity index (χ1) is 8.20. The van der Waals surface area contributed by atoms with E-state index in [-0.39, 0.29) is 11.6 Å². The summed E-state index contributed by atoms with van der Waals surface area (Å²) in [6.45, 7) is 0.451. The van der Waals surface area contributed by atoms with E-state index in [2.05, 4.69) is 5.10 Å². The molecule has 2 aromatic rings. The number of hydrogen-bond donors (Lipinski definition) is 1. The normalized spacial score (nSPS) is 10.5. The van der Waals surface area contributed by atoms with Crippen molar-refractivity contribution in [2.45, 2.75) is 6.42 Å². The predicted molar refractivity (Wildman–Crippen MR) is 62.4 cm³/mol. The molecule has 1 aromatic heterocycles. The summed E-state index contributed by atoms with van der Waals surface area (Å²) in [5.74, 6) is 0.349. The van der Waals surface area contributed by atoms with Crippen LogP contribution in [0.3, 0.4) is 0 Å². The Kier molecular flexibility index (Phi) is 3.39. The molecule has 1 aromatic carbocycles. The van der Waals surface area contributed by atoms with Crippen molar-refractivity contribution in [2.75, 3.05) is 6.54 Å². The van der Waals surface area contributed by atoms with Gasteiger partial charge < -0.3 is 10.5 Å². The van der Waals surface area contributed by atoms with Gasteiger partial charge in [-0.1, -0.05) is 12.1 Å². The number of hydrogen-bond acceptors (Lipinski definition) is 3. The van der Waals surface area contributed by atoms with Crippen molar-refractivity contribution in [3.05, 3.63) is 42.0 Å². The van der Waals surface area contributed by atoms with E-state index in [4.69, 9.17) is 10.5 Å². The zero-order valence-electron chi connectivity index (χ0n) is 9.56. The summed E-state index contributed by atoms with van der Waals surface area (Å²) in [5.41, 5.74) is 6.24. The second-order valence-corrected chi connectivity index (χ2v) is 3.72. The molecule has 0 amide bonds. The Bertz CT molecular complexity index is 510. The lowest BCUT2D eigenvalue weighted by molar-refractivity contribution is 0.436. The molecule has 0 saturated carbocycles. The highest BCUT2D eigenvalue weighted by Crippen LogP contribution is 2.28. The number of ether oxygens (including phenoxy) is 1. The molecular weight excluding hydrogens is 221 g/mol. The highest BCUT2D eigenvalue weighted by atomic mass is 19.1. The summed E-state index contributed by atoms with van der Waals surface area (Å²) in [6.07, 6.45) is 3.80. The summed E-state index contributed by atoms with van der Waals surface area (Å²) >= 11 is 0. The van der Waals surface area contributed by atoms with Crippen LogP contribution in [0.4, 0.5) is 4.39 Å². The van der Waals surface area contributed by atoms with Crippen molar-refractivity contribution < 1.29 is 9.13 Å². The van der Waals surface area contributed by atoms with Crippen LogP contribution in [0.2, 0.25) is 0 Å². The maximum absolute atomic E-state index is 13.7. The van der Waals surface area contributed by atoms with Crippen LogP contribution in [0.25, 0.3) is 0 Å². The first-order valence-corrected chi connectivity index (χ1v) is 5.34. The van der Waals surface area contributed by atoms with E-state index in [1.807, 2.05) is 6.07 Å². The molecule has 0 atom stereocenters. The fourth-order valence-corrected chi connectivity index (χ4v) is 1.59. The van der Waals surface area contributed by atoms with Gasteiger partial charge in [0.15, 0.2) is 17.3 Å². The fourth-order valence-electron chi connectivity index (χ4n) is 1.59. The minimum atomic E-state index is -0.389. The predicted octanol–water partition coefficient (Wildman–Crippen LogP) is 1.85. The van der Waals surface area contributed by atoms with Gasteiger partial charge in [-0.25, -0.2) is 4.39 Å².